The first-order valence-corrected chi connectivity index (χ1v) is 14.2. The minimum atomic E-state index is -3.99. The van der Waals surface area contributed by atoms with Crippen LogP contribution in [0.4, 0.5) is 9.59 Å². The van der Waals surface area contributed by atoms with E-state index in [1.165, 1.54) is 17.0 Å². The molecule has 1 aliphatic carbocycles. The molecule has 1 saturated carbocycles. The summed E-state index contributed by atoms with van der Waals surface area (Å²) in [4.78, 5) is 38.8. The van der Waals surface area contributed by atoms with Gasteiger partial charge >= 0.3 is 12.1 Å². The van der Waals surface area contributed by atoms with Crippen LogP contribution in [0, 0.1) is 5.92 Å². The number of hydrogen-bond donors (Lipinski definition) is 2. The molecule has 0 unspecified atom stereocenters. The molecular formula is C26H38N4O5S. The van der Waals surface area contributed by atoms with Gasteiger partial charge in [0.1, 0.15) is 0 Å². The number of nitrogens with one attached hydrogen (secondary N) is 2. The number of amides is 5. The number of nitrogens with zero attached hydrogens (tertiary/aromatic N) is 2. The summed E-state index contributed by atoms with van der Waals surface area (Å²) in [7, 11) is -3.99. The summed E-state index contributed by atoms with van der Waals surface area (Å²) in [5.74, 6) is 0.387. The number of urea groups is 2. The van der Waals surface area contributed by atoms with E-state index in [1.807, 2.05) is 13.8 Å². The molecule has 2 N–H and O–H groups in total. The van der Waals surface area contributed by atoms with Gasteiger partial charge in [0.05, 0.1) is 11.4 Å². The number of rotatable bonds is 8. The summed E-state index contributed by atoms with van der Waals surface area (Å²) in [6, 6.07) is 5.30. The molecule has 36 heavy (non-hydrogen) atoms. The summed E-state index contributed by atoms with van der Waals surface area (Å²) in [5, 5.41) is 5.65. The van der Waals surface area contributed by atoms with Crippen molar-refractivity contribution in [3.8, 4) is 0 Å². The van der Waals surface area contributed by atoms with E-state index in [4.69, 9.17) is 0 Å². The van der Waals surface area contributed by atoms with Crippen LogP contribution in [0.15, 0.2) is 40.3 Å². The van der Waals surface area contributed by atoms with Crippen molar-refractivity contribution >= 4 is 28.0 Å². The predicted molar refractivity (Wildman–Crippen MR) is 138 cm³/mol. The Hall–Kier alpha value is -2.88. The first-order valence-electron chi connectivity index (χ1n) is 12.8. The normalized spacial score (nSPS) is 20.4. The second-order valence-corrected chi connectivity index (χ2v) is 11.6. The molecule has 3 rings (SSSR count). The summed E-state index contributed by atoms with van der Waals surface area (Å²) in [6.07, 6.45) is 4.84. The summed E-state index contributed by atoms with van der Waals surface area (Å²) >= 11 is 0. The van der Waals surface area contributed by atoms with E-state index in [0.717, 1.165) is 41.1 Å². The first-order chi connectivity index (χ1) is 17.1. The minimum absolute atomic E-state index is 0.000327. The maximum absolute atomic E-state index is 13.1. The average Bonchev–Trinajstić information content (AvgIpc) is 3.14. The fraction of sp³-hybridized carbons (Fsp3) is 0.577. The molecule has 5 amide bonds. The smallest absolute Gasteiger partial charge is 0.331 e. The van der Waals surface area contributed by atoms with Crippen LogP contribution >= 0.6 is 0 Å². The third-order valence-corrected chi connectivity index (χ3v) is 8.94. The summed E-state index contributed by atoms with van der Waals surface area (Å²) < 4.78 is 27.2. The zero-order valence-corrected chi connectivity index (χ0v) is 22.5. The lowest BCUT2D eigenvalue weighted by atomic mass is 9.87. The Kier molecular flexibility index (Phi) is 9.16. The van der Waals surface area contributed by atoms with Gasteiger partial charge in [0.15, 0.2) is 0 Å². The van der Waals surface area contributed by atoms with E-state index in [-0.39, 0.29) is 23.4 Å². The molecule has 198 valence electrons. The Bertz CT molecular complexity index is 1110. The van der Waals surface area contributed by atoms with Crippen LogP contribution in [-0.2, 0) is 21.2 Å². The minimum Gasteiger partial charge on any atom is -0.337 e. The van der Waals surface area contributed by atoms with Crippen molar-refractivity contribution in [2.75, 3.05) is 19.6 Å². The highest BCUT2D eigenvalue weighted by Crippen LogP contribution is 2.24. The van der Waals surface area contributed by atoms with Crippen LogP contribution in [0.5, 0.6) is 0 Å². The molecule has 0 saturated heterocycles. The Morgan fingerprint density at radius 3 is 2.28 bits per heavy atom. The number of hydrogen-bond acceptors (Lipinski definition) is 5. The van der Waals surface area contributed by atoms with Gasteiger partial charge < -0.3 is 10.6 Å². The molecule has 0 atom stereocenters. The summed E-state index contributed by atoms with van der Waals surface area (Å²) in [5.41, 5.74) is 2.43. The van der Waals surface area contributed by atoms with Crippen molar-refractivity contribution in [2.24, 2.45) is 5.92 Å². The number of imide groups is 1. The maximum atomic E-state index is 13.1. The lowest BCUT2D eigenvalue weighted by Crippen LogP contribution is -2.48. The number of benzene rings is 1. The fourth-order valence-corrected chi connectivity index (χ4v) is 6.15. The molecule has 0 radical (unpaired) electrons. The van der Waals surface area contributed by atoms with E-state index in [9.17, 15) is 22.8 Å². The third kappa shape index (κ3) is 6.27. The molecule has 0 spiro atoms. The second-order valence-electron chi connectivity index (χ2n) is 9.71. The molecule has 1 aromatic carbocycles. The highest BCUT2D eigenvalue weighted by atomic mass is 32.2. The van der Waals surface area contributed by atoms with E-state index in [0.29, 0.717) is 37.4 Å². The van der Waals surface area contributed by atoms with E-state index >= 15 is 0 Å². The highest BCUT2D eigenvalue weighted by molar-refractivity contribution is 7.89. The Balaban J connectivity index is 1.54. The molecule has 9 nitrogen and oxygen atoms in total. The van der Waals surface area contributed by atoms with Gasteiger partial charge in [-0.1, -0.05) is 26.0 Å². The molecule has 1 heterocycles. The van der Waals surface area contributed by atoms with Crippen molar-refractivity contribution in [3.05, 3.63) is 41.0 Å². The zero-order chi connectivity index (χ0) is 26.5. The van der Waals surface area contributed by atoms with Crippen LogP contribution in [-0.4, -0.2) is 61.3 Å². The SMILES string of the molecule is CCC1=C(C)CN(C(=O)NCCc2ccc(S(=O)(=O)N(CC)C(=O)NC3CCC(C)CC3)cc2)C1=O. The van der Waals surface area contributed by atoms with Gasteiger partial charge in [-0.25, -0.2) is 22.3 Å². The largest absolute Gasteiger partial charge is 0.337 e. The van der Waals surface area contributed by atoms with E-state index in [2.05, 4.69) is 17.6 Å². The molecular weight excluding hydrogens is 480 g/mol. The molecule has 2 aliphatic rings. The number of sulfonamides is 1. The van der Waals surface area contributed by atoms with Crippen LogP contribution < -0.4 is 10.6 Å². The Morgan fingerprint density at radius 1 is 1.08 bits per heavy atom. The summed E-state index contributed by atoms with van der Waals surface area (Å²) in [6.45, 7) is 8.23. The molecule has 0 bridgehead atoms. The maximum Gasteiger partial charge on any atom is 0.331 e. The molecule has 1 aromatic rings. The molecule has 1 aliphatic heterocycles. The third-order valence-electron chi connectivity index (χ3n) is 7.07. The lowest BCUT2D eigenvalue weighted by Gasteiger charge is -2.29. The lowest BCUT2D eigenvalue weighted by molar-refractivity contribution is -0.123. The van der Waals surface area contributed by atoms with E-state index < -0.39 is 22.1 Å². The first kappa shape index (κ1) is 27.7. The zero-order valence-electron chi connectivity index (χ0n) is 21.7. The second kappa shape index (κ2) is 11.9. The highest BCUT2D eigenvalue weighted by Gasteiger charge is 2.32. The van der Waals surface area contributed by atoms with Crippen molar-refractivity contribution < 1.29 is 22.8 Å². The van der Waals surface area contributed by atoms with Crippen molar-refractivity contribution in [3.63, 3.8) is 0 Å². The van der Waals surface area contributed by atoms with Gasteiger partial charge in [-0.2, -0.15) is 0 Å². The standard InChI is InChI=1S/C26H38N4O5S/c1-5-23-19(4)17-29(24(23)31)25(32)27-16-15-20-9-13-22(14-10-20)36(34,35)30(6-2)26(33)28-21-11-7-18(3)8-12-21/h9-10,13-14,18,21H,5-8,11-12,15-17H2,1-4H3,(H,27,32)(H,28,33). The van der Waals surface area contributed by atoms with E-state index in [1.54, 1.807) is 19.1 Å². The Labute approximate surface area is 214 Å². The van der Waals surface area contributed by atoms with Crippen LogP contribution in [0.25, 0.3) is 0 Å². The van der Waals surface area contributed by atoms with Gasteiger partial charge in [-0.05, 0) is 81.6 Å². The number of carbonyl (C=O) groups is 3. The fourth-order valence-electron chi connectivity index (χ4n) is 4.81. The van der Waals surface area contributed by atoms with Gasteiger partial charge in [0, 0.05) is 24.7 Å². The van der Waals surface area contributed by atoms with Crippen molar-refractivity contribution in [2.45, 2.75) is 77.2 Å². The topological polar surface area (TPSA) is 116 Å². The molecule has 1 fully saturated rings. The van der Waals surface area contributed by atoms with Gasteiger partial charge in [-0.3, -0.25) is 9.69 Å². The van der Waals surface area contributed by atoms with Gasteiger partial charge in [0.2, 0.25) is 0 Å². The predicted octanol–water partition coefficient (Wildman–Crippen LogP) is 3.81. The molecule has 0 aromatic heterocycles. The van der Waals surface area contributed by atoms with Crippen molar-refractivity contribution in [1.82, 2.24) is 19.8 Å². The quantitative estimate of drug-likeness (QED) is 0.543. The molecule has 10 heteroatoms. The van der Waals surface area contributed by atoms with Crippen LogP contribution in [0.1, 0.15) is 65.4 Å². The monoisotopic (exact) mass is 518 g/mol. The van der Waals surface area contributed by atoms with Crippen LogP contribution in [0.2, 0.25) is 0 Å². The van der Waals surface area contributed by atoms with Crippen LogP contribution in [0.3, 0.4) is 0 Å². The van der Waals surface area contributed by atoms with Gasteiger partial charge in [-0.15, -0.1) is 0 Å². The van der Waals surface area contributed by atoms with Gasteiger partial charge in [0.25, 0.3) is 15.9 Å². The van der Waals surface area contributed by atoms with Crippen molar-refractivity contribution in [1.29, 1.82) is 0 Å². The number of carbonyl (C=O) groups excluding carboxylic acids is 3. The Morgan fingerprint density at radius 2 is 1.72 bits per heavy atom. The average molecular weight is 519 g/mol.